The smallest absolute Gasteiger partial charge is 0.317 e. The lowest BCUT2D eigenvalue weighted by Crippen LogP contribution is -2.70. The minimum atomic E-state index is -3.49. The number of hydrogen-bond donors (Lipinski definition) is 2. The maximum atomic E-state index is 12.9. The Morgan fingerprint density at radius 1 is 1.24 bits per heavy atom. The highest BCUT2D eigenvalue weighted by atomic mass is 32.2. The van der Waals surface area contributed by atoms with Crippen LogP contribution in [0, 0.1) is 0 Å². The maximum absolute atomic E-state index is 12.9. The minimum absolute atomic E-state index is 0.0625. The SMILES string of the molecule is CCNC(=O)N1CCC[C@]2(COCCS(=O)(=O)N2)[C@H]1COC1CCC(c2ccccc2)CC1. The molecule has 3 fully saturated rings. The number of benzene rings is 1. The number of carbonyl (C=O) groups is 1. The zero-order valence-corrected chi connectivity index (χ0v) is 20.3. The quantitative estimate of drug-likeness (QED) is 0.677. The Kier molecular flexibility index (Phi) is 7.94. The topological polar surface area (TPSA) is 97.0 Å². The Labute approximate surface area is 197 Å². The molecule has 1 aromatic carbocycles. The van der Waals surface area contributed by atoms with Gasteiger partial charge in [-0.1, -0.05) is 30.3 Å². The summed E-state index contributed by atoms with van der Waals surface area (Å²) in [5.74, 6) is 0.494. The van der Waals surface area contributed by atoms with E-state index >= 15 is 0 Å². The number of likely N-dealkylation sites (tertiary alicyclic amines) is 1. The van der Waals surface area contributed by atoms with E-state index in [4.69, 9.17) is 9.47 Å². The molecule has 3 aliphatic rings. The molecular weight excluding hydrogens is 442 g/mol. The molecule has 33 heavy (non-hydrogen) atoms. The van der Waals surface area contributed by atoms with Crippen molar-refractivity contribution >= 4 is 16.1 Å². The summed E-state index contributed by atoms with van der Waals surface area (Å²) in [6.07, 6.45) is 5.51. The van der Waals surface area contributed by atoms with Crippen LogP contribution >= 0.6 is 0 Å². The van der Waals surface area contributed by atoms with Crippen molar-refractivity contribution < 1.29 is 22.7 Å². The van der Waals surface area contributed by atoms with Gasteiger partial charge in [0.05, 0.1) is 43.3 Å². The van der Waals surface area contributed by atoms with Gasteiger partial charge in [-0.05, 0) is 56.9 Å². The highest BCUT2D eigenvalue weighted by molar-refractivity contribution is 7.89. The summed E-state index contributed by atoms with van der Waals surface area (Å²) >= 11 is 0. The molecule has 0 bridgehead atoms. The van der Waals surface area contributed by atoms with Gasteiger partial charge in [-0.25, -0.2) is 17.9 Å². The average Bonchev–Trinajstić information content (AvgIpc) is 2.97. The Morgan fingerprint density at radius 2 is 2.00 bits per heavy atom. The van der Waals surface area contributed by atoms with Crippen molar-refractivity contribution in [1.29, 1.82) is 0 Å². The van der Waals surface area contributed by atoms with Gasteiger partial charge in [-0.2, -0.15) is 0 Å². The number of carbonyl (C=O) groups excluding carboxylic acids is 1. The molecule has 9 heteroatoms. The molecule has 0 radical (unpaired) electrons. The second-order valence-electron chi connectivity index (χ2n) is 9.50. The number of rotatable bonds is 5. The first-order valence-electron chi connectivity index (χ1n) is 12.2. The fourth-order valence-electron chi connectivity index (χ4n) is 5.55. The second kappa shape index (κ2) is 10.7. The fraction of sp³-hybridized carbons (Fsp3) is 0.708. The Hall–Kier alpha value is -1.68. The highest BCUT2D eigenvalue weighted by Gasteiger charge is 2.50. The molecule has 0 aromatic heterocycles. The first-order chi connectivity index (χ1) is 15.9. The molecule has 2 heterocycles. The van der Waals surface area contributed by atoms with Crippen LogP contribution in [0.25, 0.3) is 0 Å². The largest absolute Gasteiger partial charge is 0.378 e. The van der Waals surface area contributed by atoms with E-state index in [2.05, 4.69) is 34.3 Å². The minimum Gasteiger partial charge on any atom is -0.378 e. The summed E-state index contributed by atoms with van der Waals surface area (Å²) < 4.78 is 40.3. The average molecular weight is 480 g/mol. The first kappa shape index (κ1) is 24.4. The van der Waals surface area contributed by atoms with Gasteiger partial charge >= 0.3 is 6.03 Å². The van der Waals surface area contributed by atoms with Crippen LogP contribution in [-0.4, -0.2) is 75.7 Å². The van der Waals surface area contributed by atoms with Crippen LogP contribution in [0.3, 0.4) is 0 Å². The summed E-state index contributed by atoms with van der Waals surface area (Å²) in [4.78, 5) is 14.6. The van der Waals surface area contributed by atoms with Gasteiger partial charge in [0.1, 0.15) is 0 Å². The highest BCUT2D eigenvalue weighted by Crippen LogP contribution is 2.36. The first-order valence-corrected chi connectivity index (χ1v) is 13.9. The lowest BCUT2D eigenvalue weighted by molar-refractivity contribution is -0.0533. The fourth-order valence-corrected chi connectivity index (χ4v) is 6.90. The van der Waals surface area contributed by atoms with Crippen LogP contribution in [0.2, 0.25) is 0 Å². The van der Waals surface area contributed by atoms with Crippen LogP contribution < -0.4 is 10.0 Å². The van der Waals surface area contributed by atoms with Gasteiger partial charge < -0.3 is 19.7 Å². The molecule has 2 aliphatic heterocycles. The third kappa shape index (κ3) is 5.88. The van der Waals surface area contributed by atoms with Crippen LogP contribution in [0.4, 0.5) is 4.79 Å². The predicted molar refractivity (Wildman–Crippen MR) is 127 cm³/mol. The van der Waals surface area contributed by atoms with E-state index in [1.807, 2.05) is 13.0 Å². The number of sulfonamides is 1. The third-order valence-electron chi connectivity index (χ3n) is 7.27. The molecule has 2 amide bonds. The number of urea groups is 1. The van der Waals surface area contributed by atoms with E-state index in [9.17, 15) is 13.2 Å². The summed E-state index contributed by atoms with van der Waals surface area (Å²) in [5.41, 5.74) is 0.523. The van der Waals surface area contributed by atoms with Crippen LogP contribution in [0.15, 0.2) is 30.3 Å². The predicted octanol–water partition coefficient (Wildman–Crippen LogP) is 2.61. The zero-order chi connectivity index (χ0) is 23.3. The van der Waals surface area contributed by atoms with Crippen molar-refractivity contribution in [1.82, 2.24) is 14.9 Å². The van der Waals surface area contributed by atoms with Crippen LogP contribution in [0.5, 0.6) is 0 Å². The number of nitrogens with zero attached hydrogens (tertiary/aromatic N) is 1. The molecule has 8 nitrogen and oxygen atoms in total. The number of piperidine rings is 1. The van der Waals surface area contributed by atoms with Crippen molar-refractivity contribution in [3.8, 4) is 0 Å². The van der Waals surface area contributed by atoms with Crippen LogP contribution in [-0.2, 0) is 19.5 Å². The normalized spacial score (nSPS) is 32.3. The zero-order valence-electron chi connectivity index (χ0n) is 19.5. The van der Waals surface area contributed by atoms with Crippen molar-refractivity contribution in [3.05, 3.63) is 35.9 Å². The van der Waals surface area contributed by atoms with Gasteiger partial charge in [0.25, 0.3) is 0 Å². The molecule has 0 unspecified atom stereocenters. The van der Waals surface area contributed by atoms with E-state index in [0.717, 1.165) is 25.7 Å². The molecule has 2 atom stereocenters. The second-order valence-corrected chi connectivity index (χ2v) is 11.3. The van der Waals surface area contributed by atoms with Gasteiger partial charge in [0.15, 0.2) is 0 Å². The van der Waals surface area contributed by atoms with E-state index < -0.39 is 21.6 Å². The van der Waals surface area contributed by atoms with Gasteiger partial charge in [-0.15, -0.1) is 0 Å². The number of hydrogen-bond acceptors (Lipinski definition) is 5. The Bertz CT molecular complexity index is 889. The number of nitrogens with one attached hydrogen (secondary N) is 2. The van der Waals surface area contributed by atoms with E-state index in [1.165, 1.54) is 5.56 Å². The van der Waals surface area contributed by atoms with Gasteiger partial charge in [0.2, 0.25) is 10.0 Å². The Balaban J connectivity index is 1.46. The summed E-state index contributed by atoms with van der Waals surface area (Å²) in [6.45, 7) is 3.67. The molecule has 4 rings (SSSR count). The molecule has 1 spiro atoms. The summed E-state index contributed by atoms with van der Waals surface area (Å²) in [7, 11) is -3.49. The van der Waals surface area contributed by atoms with Gasteiger partial charge in [-0.3, -0.25) is 0 Å². The molecule has 1 saturated carbocycles. The van der Waals surface area contributed by atoms with Crippen molar-refractivity contribution in [2.24, 2.45) is 0 Å². The molecule has 1 aromatic rings. The van der Waals surface area contributed by atoms with Crippen LogP contribution in [0.1, 0.15) is 56.9 Å². The van der Waals surface area contributed by atoms with Crippen molar-refractivity contribution in [3.63, 3.8) is 0 Å². The summed E-state index contributed by atoms with van der Waals surface area (Å²) in [5, 5.41) is 2.88. The molecule has 2 saturated heterocycles. The lowest BCUT2D eigenvalue weighted by Gasteiger charge is -2.49. The lowest BCUT2D eigenvalue weighted by atomic mass is 9.81. The summed E-state index contributed by atoms with van der Waals surface area (Å²) in [6, 6.07) is 10.0. The van der Waals surface area contributed by atoms with E-state index in [1.54, 1.807) is 4.90 Å². The number of ether oxygens (including phenoxy) is 2. The van der Waals surface area contributed by atoms with Crippen molar-refractivity contribution in [2.45, 2.75) is 69.1 Å². The maximum Gasteiger partial charge on any atom is 0.317 e. The van der Waals surface area contributed by atoms with E-state index in [-0.39, 0.29) is 31.1 Å². The van der Waals surface area contributed by atoms with E-state index in [0.29, 0.717) is 38.5 Å². The Morgan fingerprint density at radius 3 is 2.73 bits per heavy atom. The molecular formula is C24H37N3O5S. The standard InChI is InChI=1S/C24H37N3O5S/c1-2-25-23(28)27-14-6-13-24(18-31-15-16-33(29,30)26-24)22(27)17-32-21-11-9-20(10-12-21)19-7-4-3-5-8-19/h3-5,7-8,20-22,26H,2,6,9-18H2,1H3,(H,25,28)/t20?,21?,22-,24+/m1/s1. The molecule has 1 aliphatic carbocycles. The third-order valence-corrected chi connectivity index (χ3v) is 8.70. The molecule has 184 valence electrons. The number of amides is 2. The van der Waals surface area contributed by atoms with Crippen molar-refractivity contribution in [2.75, 3.05) is 38.7 Å². The molecule has 2 N–H and O–H groups in total. The van der Waals surface area contributed by atoms with Gasteiger partial charge in [0, 0.05) is 13.1 Å². The monoisotopic (exact) mass is 479 g/mol.